The lowest BCUT2D eigenvalue weighted by molar-refractivity contribution is 0.111. The highest BCUT2D eigenvalue weighted by Crippen LogP contribution is 2.42. The molecule has 1 aromatic heterocycles. The maximum absolute atomic E-state index is 6.60. The molecule has 0 saturated heterocycles. The van der Waals surface area contributed by atoms with E-state index in [2.05, 4.69) is 53.4 Å². The van der Waals surface area contributed by atoms with Crippen LogP contribution in [0.2, 0.25) is 0 Å². The van der Waals surface area contributed by atoms with E-state index < -0.39 is 0 Å². The molecule has 0 aliphatic heterocycles. The molecule has 0 spiro atoms. The highest BCUT2D eigenvalue weighted by Gasteiger charge is 2.36. The smallest absolute Gasteiger partial charge is 0.0738 e. The van der Waals surface area contributed by atoms with Crippen LogP contribution >= 0.6 is 15.9 Å². The molecule has 0 radical (unpaired) electrons. The molecule has 20 heavy (non-hydrogen) atoms. The Bertz CT molecular complexity index is 465. The minimum Gasteiger partial charge on any atom is -0.327 e. The van der Waals surface area contributed by atoms with E-state index in [9.17, 15) is 0 Å². The lowest BCUT2D eigenvalue weighted by Gasteiger charge is -2.42. The van der Waals surface area contributed by atoms with Gasteiger partial charge in [-0.05, 0) is 54.0 Å². The zero-order valence-corrected chi connectivity index (χ0v) is 14.8. The zero-order chi connectivity index (χ0) is 14.9. The highest BCUT2D eigenvalue weighted by molar-refractivity contribution is 9.10. The van der Waals surface area contributed by atoms with Gasteiger partial charge >= 0.3 is 0 Å². The fourth-order valence-electron chi connectivity index (χ4n) is 3.74. The van der Waals surface area contributed by atoms with E-state index in [1.54, 1.807) is 0 Å². The molecule has 0 bridgehead atoms. The molecule has 1 aromatic rings. The van der Waals surface area contributed by atoms with Gasteiger partial charge in [0.25, 0.3) is 0 Å². The standard InChI is InChI=1S/C16H28BrN3/c1-5-20-14(15(17)11(2)19-20)10-13(18)12-8-6-7-9-16(12,3)4/h12-13H,5-10,18H2,1-4H3. The normalized spacial score (nSPS) is 23.8. The number of aryl methyl sites for hydroxylation is 2. The largest absolute Gasteiger partial charge is 0.327 e. The van der Waals surface area contributed by atoms with E-state index in [-0.39, 0.29) is 6.04 Å². The van der Waals surface area contributed by atoms with E-state index in [0.29, 0.717) is 11.3 Å². The molecule has 2 rings (SSSR count). The van der Waals surface area contributed by atoms with Gasteiger partial charge in [0.15, 0.2) is 0 Å². The van der Waals surface area contributed by atoms with Crippen molar-refractivity contribution < 1.29 is 0 Å². The predicted octanol–water partition coefficient (Wildman–Crippen LogP) is 4.06. The molecule has 114 valence electrons. The van der Waals surface area contributed by atoms with Gasteiger partial charge in [-0.15, -0.1) is 0 Å². The number of rotatable bonds is 4. The van der Waals surface area contributed by atoms with Crippen molar-refractivity contribution in [2.45, 2.75) is 72.4 Å². The summed E-state index contributed by atoms with van der Waals surface area (Å²) in [7, 11) is 0. The van der Waals surface area contributed by atoms with Crippen molar-refractivity contribution >= 4 is 15.9 Å². The van der Waals surface area contributed by atoms with E-state index >= 15 is 0 Å². The number of aromatic nitrogens is 2. The highest BCUT2D eigenvalue weighted by atomic mass is 79.9. The lowest BCUT2D eigenvalue weighted by Crippen LogP contribution is -2.43. The third-order valence-electron chi connectivity index (χ3n) is 4.99. The van der Waals surface area contributed by atoms with Crippen molar-refractivity contribution in [3.05, 3.63) is 15.9 Å². The average Bonchev–Trinajstić information content (AvgIpc) is 2.65. The molecule has 1 heterocycles. The molecule has 4 heteroatoms. The molecule has 1 fully saturated rings. The molecule has 2 atom stereocenters. The van der Waals surface area contributed by atoms with Crippen LogP contribution in [0.1, 0.15) is 57.8 Å². The van der Waals surface area contributed by atoms with Gasteiger partial charge in [-0.3, -0.25) is 4.68 Å². The third kappa shape index (κ3) is 3.11. The number of nitrogens with two attached hydrogens (primary N) is 1. The van der Waals surface area contributed by atoms with Gasteiger partial charge in [-0.2, -0.15) is 5.10 Å². The van der Waals surface area contributed by atoms with Gasteiger partial charge in [0.05, 0.1) is 15.9 Å². The average molecular weight is 342 g/mol. The summed E-state index contributed by atoms with van der Waals surface area (Å²) in [6, 6.07) is 0.225. The van der Waals surface area contributed by atoms with Gasteiger partial charge in [0.2, 0.25) is 0 Å². The molecular formula is C16H28BrN3. The van der Waals surface area contributed by atoms with Crippen molar-refractivity contribution in [3.63, 3.8) is 0 Å². The Hall–Kier alpha value is -0.350. The fraction of sp³-hybridized carbons (Fsp3) is 0.812. The first kappa shape index (κ1) is 16.0. The summed E-state index contributed by atoms with van der Waals surface area (Å²) in [4.78, 5) is 0. The first-order chi connectivity index (χ1) is 9.36. The van der Waals surface area contributed by atoms with Crippen molar-refractivity contribution in [1.29, 1.82) is 0 Å². The van der Waals surface area contributed by atoms with Crippen LogP contribution in [-0.4, -0.2) is 15.8 Å². The van der Waals surface area contributed by atoms with Crippen LogP contribution in [0.25, 0.3) is 0 Å². The first-order valence-corrected chi connectivity index (χ1v) is 8.63. The van der Waals surface area contributed by atoms with Crippen molar-refractivity contribution in [1.82, 2.24) is 9.78 Å². The Morgan fingerprint density at radius 1 is 1.45 bits per heavy atom. The van der Waals surface area contributed by atoms with E-state index in [1.165, 1.54) is 31.4 Å². The van der Waals surface area contributed by atoms with Crippen molar-refractivity contribution in [2.24, 2.45) is 17.1 Å². The Labute approximate surface area is 131 Å². The summed E-state index contributed by atoms with van der Waals surface area (Å²) < 4.78 is 3.23. The maximum Gasteiger partial charge on any atom is 0.0738 e. The second-order valence-electron chi connectivity index (χ2n) is 6.87. The van der Waals surface area contributed by atoms with E-state index in [4.69, 9.17) is 5.73 Å². The van der Waals surface area contributed by atoms with Gasteiger partial charge in [0.1, 0.15) is 0 Å². The molecule has 1 aliphatic rings. The van der Waals surface area contributed by atoms with E-state index in [0.717, 1.165) is 23.1 Å². The minimum absolute atomic E-state index is 0.225. The zero-order valence-electron chi connectivity index (χ0n) is 13.2. The summed E-state index contributed by atoms with van der Waals surface area (Å²) >= 11 is 3.68. The van der Waals surface area contributed by atoms with Gasteiger partial charge in [0, 0.05) is 19.0 Å². The van der Waals surface area contributed by atoms with Crippen LogP contribution in [-0.2, 0) is 13.0 Å². The Balaban J connectivity index is 2.17. The Kier molecular flexibility index (Phi) is 4.96. The summed E-state index contributed by atoms with van der Waals surface area (Å²) in [6.07, 6.45) is 6.17. The molecule has 1 aliphatic carbocycles. The molecule has 0 amide bonds. The molecule has 2 unspecified atom stereocenters. The molecular weight excluding hydrogens is 314 g/mol. The van der Waals surface area contributed by atoms with Crippen molar-refractivity contribution in [2.75, 3.05) is 0 Å². The Morgan fingerprint density at radius 2 is 2.15 bits per heavy atom. The van der Waals surface area contributed by atoms with Crippen LogP contribution in [0.5, 0.6) is 0 Å². The molecule has 0 aromatic carbocycles. The van der Waals surface area contributed by atoms with Crippen LogP contribution in [0.3, 0.4) is 0 Å². The SMILES string of the molecule is CCn1nc(C)c(Br)c1CC(N)C1CCCCC1(C)C. The molecule has 3 nitrogen and oxygen atoms in total. The van der Waals surface area contributed by atoms with Crippen molar-refractivity contribution in [3.8, 4) is 0 Å². The summed E-state index contributed by atoms with van der Waals surface area (Å²) in [6.45, 7) is 9.86. The van der Waals surface area contributed by atoms with Crippen LogP contribution in [0, 0.1) is 18.3 Å². The second kappa shape index (κ2) is 6.18. The van der Waals surface area contributed by atoms with Crippen LogP contribution in [0.4, 0.5) is 0 Å². The monoisotopic (exact) mass is 341 g/mol. The third-order valence-corrected chi connectivity index (χ3v) is 6.02. The Morgan fingerprint density at radius 3 is 2.75 bits per heavy atom. The van der Waals surface area contributed by atoms with E-state index in [1.807, 2.05) is 0 Å². The number of hydrogen-bond donors (Lipinski definition) is 1. The van der Waals surface area contributed by atoms with Crippen LogP contribution in [0.15, 0.2) is 4.47 Å². The summed E-state index contributed by atoms with van der Waals surface area (Å²) in [5, 5.41) is 4.58. The number of halogens is 1. The topological polar surface area (TPSA) is 43.8 Å². The minimum atomic E-state index is 0.225. The van der Waals surface area contributed by atoms with Gasteiger partial charge < -0.3 is 5.73 Å². The molecule has 1 saturated carbocycles. The maximum atomic E-state index is 6.60. The number of hydrogen-bond acceptors (Lipinski definition) is 2. The quantitative estimate of drug-likeness (QED) is 0.897. The lowest BCUT2D eigenvalue weighted by atomic mass is 9.65. The number of nitrogens with zero attached hydrogens (tertiary/aromatic N) is 2. The van der Waals surface area contributed by atoms with Gasteiger partial charge in [-0.25, -0.2) is 0 Å². The molecule has 2 N–H and O–H groups in total. The second-order valence-corrected chi connectivity index (χ2v) is 7.66. The summed E-state index contributed by atoms with van der Waals surface area (Å²) in [5.74, 6) is 0.615. The predicted molar refractivity (Wildman–Crippen MR) is 87.8 cm³/mol. The van der Waals surface area contributed by atoms with Crippen LogP contribution < -0.4 is 5.73 Å². The summed E-state index contributed by atoms with van der Waals surface area (Å²) in [5.41, 5.74) is 9.30. The first-order valence-electron chi connectivity index (χ1n) is 7.84. The fourth-order valence-corrected chi connectivity index (χ4v) is 4.19. The van der Waals surface area contributed by atoms with Gasteiger partial charge in [-0.1, -0.05) is 26.7 Å².